The standard InChI is InChI=1S/C20H33N3O/c1-15-12-16(2)19(17(3)13-15)14-22-20(21-4)23(5)9-6-18-7-10-24-11-8-18/h12-13,18H,6-11,14H2,1-5H3,(H,21,22). The molecule has 0 bridgehead atoms. The maximum Gasteiger partial charge on any atom is 0.193 e. The summed E-state index contributed by atoms with van der Waals surface area (Å²) in [6.45, 7) is 10.2. The van der Waals surface area contributed by atoms with Crippen molar-refractivity contribution in [2.24, 2.45) is 10.9 Å². The predicted octanol–water partition coefficient (Wildman–Crippen LogP) is 3.44. The zero-order valence-corrected chi connectivity index (χ0v) is 16.0. The third kappa shape index (κ3) is 5.23. The number of ether oxygens (including phenoxy) is 1. The highest BCUT2D eigenvalue weighted by Crippen LogP contribution is 2.19. The molecule has 0 spiro atoms. The van der Waals surface area contributed by atoms with Crippen molar-refractivity contribution >= 4 is 5.96 Å². The first-order valence-corrected chi connectivity index (χ1v) is 9.07. The Balaban J connectivity index is 1.87. The van der Waals surface area contributed by atoms with Crippen LogP contribution >= 0.6 is 0 Å². The van der Waals surface area contributed by atoms with Crippen molar-refractivity contribution in [3.8, 4) is 0 Å². The zero-order valence-electron chi connectivity index (χ0n) is 16.0. The van der Waals surface area contributed by atoms with Gasteiger partial charge in [-0.2, -0.15) is 0 Å². The zero-order chi connectivity index (χ0) is 17.5. The van der Waals surface area contributed by atoms with Gasteiger partial charge < -0.3 is 15.0 Å². The van der Waals surface area contributed by atoms with E-state index in [0.717, 1.165) is 38.2 Å². The number of rotatable bonds is 5. The Morgan fingerprint density at radius 2 is 1.83 bits per heavy atom. The fourth-order valence-electron chi connectivity index (χ4n) is 3.56. The average Bonchev–Trinajstić information content (AvgIpc) is 2.56. The van der Waals surface area contributed by atoms with Crippen LogP contribution in [-0.4, -0.2) is 44.7 Å². The Bertz CT molecular complexity index is 539. The summed E-state index contributed by atoms with van der Waals surface area (Å²) in [4.78, 5) is 6.69. The smallest absolute Gasteiger partial charge is 0.193 e. The first-order chi connectivity index (χ1) is 11.5. The van der Waals surface area contributed by atoms with Gasteiger partial charge in [0, 0.05) is 40.4 Å². The molecule has 0 saturated carbocycles. The van der Waals surface area contributed by atoms with Gasteiger partial charge in [0.1, 0.15) is 0 Å². The Kier molecular flexibility index (Phi) is 7.10. The van der Waals surface area contributed by atoms with E-state index in [4.69, 9.17) is 4.74 Å². The van der Waals surface area contributed by atoms with Gasteiger partial charge in [-0.25, -0.2) is 0 Å². The number of nitrogens with one attached hydrogen (secondary N) is 1. The topological polar surface area (TPSA) is 36.9 Å². The summed E-state index contributed by atoms with van der Waals surface area (Å²) in [5.41, 5.74) is 5.40. The molecule has 134 valence electrons. The number of aliphatic imine (C=N–C) groups is 1. The van der Waals surface area contributed by atoms with Crippen LogP contribution in [-0.2, 0) is 11.3 Å². The largest absolute Gasteiger partial charge is 0.381 e. The van der Waals surface area contributed by atoms with E-state index in [1.165, 1.54) is 41.5 Å². The van der Waals surface area contributed by atoms with E-state index in [9.17, 15) is 0 Å². The number of guanidine groups is 1. The second-order valence-electron chi connectivity index (χ2n) is 7.04. The van der Waals surface area contributed by atoms with Crippen LogP contribution in [0.5, 0.6) is 0 Å². The highest BCUT2D eigenvalue weighted by atomic mass is 16.5. The molecular weight excluding hydrogens is 298 g/mol. The van der Waals surface area contributed by atoms with E-state index in [1.807, 2.05) is 7.05 Å². The molecule has 1 fully saturated rings. The van der Waals surface area contributed by atoms with Crippen LogP contribution in [0.1, 0.15) is 41.5 Å². The number of benzene rings is 1. The second-order valence-corrected chi connectivity index (χ2v) is 7.04. The van der Waals surface area contributed by atoms with E-state index < -0.39 is 0 Å². The third-order valence-corrected chi connectivity index (χ3v) is 5.05. The number of hydrogen-bond donors (Lipinski definition) is 1. The van der Waals surface area contributed by atoms with Gasteiger partial charge in [-0.05, 0) is 62.6 Å². The average molecular weight is 332 g/mol. The summed E-state index contributed by atoms with van der Waals surface area (Å²) in [5, 5.41) is 3.53. The van der Waals surface area contributed by atoms with Crippen molar-refractivity contribution in [2.45, 2.75) is 46.6 Å². The van der Waals surface area contributed by atoms with Crippen molar-refractivity contribution in [2.75, 3.05) is 33.9 Å². The minimum Gasteiger partial charge on any atom is -0.381 e. The van der Waals surface area contributed by atoms with Gasteiger partial charge >= 0.3 is 0 Å². The molecule has 1 aliphatic rings. The lowest BCUT2D eigenvalue weighted by atomic mass is 9.96. The number of nitrogens with zero attached hydrogens (tertiary/aromatic N) is 2. The van der Waals surface area contributed by atoms with Crippen molar-refractivity contribution < 1.29 is 4.74 Å². The van der Waals surface area contributed by atoms with Crippen LogP contribution in [0.15, 0.2) is 17.1 Å². The molecule has 0 amide bonds. The lowest BCUT2D eigenvalue weighted by Gasteiger charge is -2.27. The van der Waals surface area contributed by atoms with Gasteiger partial charge in [-0.1, -0.05) is 17.7 Å². The van der Waals surface area contributed by atoms with Crippen LogP contribution in [0.25, 0.3) is 0 Å². The first-order valence-electron chi connectivity index (χ1n) is 9.07. The molecule has 0 atom stereocenters. The molecule has 24 heavy (non-hydrogen) atoms. The van der Waals surface area contributed by atoms with Gasteiger partial charge in [-0.15, -0.1) is 0 Å². The third-order valence-electron chi connectivity index (χ3n) is 5.05. The van der Waals surface area contributed by atoms with E-state index in [-0.39, 0.29) is 0 Å². The summed E-state index contributed by atoms with van der Waals surface area (Å²) in [6.07, 6.45) is 3.60. The Morgan fingerprint density at radius 1 is 1.21 bits per heavy atom. The fourth-order valence-corrected chi connectivity index (χ4v) is 3.56. The molecule has 1 N–H and O–H groups in total. The lowest BCUT2D eigenvalue weighted by molar-refractivity contribution is 0.0625. The van der Waals surface area contributed by atoms with Crippen molar-refractivity contribution in [1.82, 2.24) is 10.2 Å². The molecule has 0 radical (unpaired) electrons. The monoisotopic (exact) mass is 331 g/mol. The maximum atomic E-state index is 5.44. The first kappa shape index (κ1) is 18.8. The summed E-state index contributed by atoms with van der Waals surface area (Å²) < 4.78 is 5.44. The quantitative estimate of drug-likeness (QED) is 0.663. The summed E-state index contributed by atoms with van der Waals surface area (Å²) >= 11 is 0. The van der Waals surface area contributed by atoms with E-state index >= 15 is 0 Å². The molecule has 1 aliphatic heterocycles. The van der Waals surface area contributed by atoms with Crippen LogP contribution in [0.2, 0.25) is 0 Å². The van der Waals surface area contributed by atoms with E-state index in [1.54, 1.807) is 0 Å². The molecule has 1 aromatic carbocycles. The van der Waals surface area contributed by atoms with Gasteiger partial charge in [0.05, 0.1) is 0 Å². The lowest BCUT2D eigenvalue weighted by Crippen LogP contribution is -2.40. The molecule has 2 rings (SSSR count). The van der Waals surface area contributed by atoms with Gasteiger partial charge in [0.15, 0.2) is 5.96 Å². The molecular formula is C20H33N3O. The van der Waals surface area contributed by atoms with Crippen molar-refractivity contribution in [3.05, 3.63) is 34.4 Å². The Hall–Kier alpha value is -1.55. The minimum absolute atomic E-state index is 0.792. The Morgan fingerprint density at radius 3 is 2.42 bits per heavy atom. The molecule has 0 aromatic heterocycles. The molecule has 1 heterocycles. The van der Waals surface area contributed by atoms with Crippen LogP contribution in [0, 0.1) is 26.7 Å². The summed E-state index contributed by atoms with van der Waals surface area (Å²) in [6, 6.07) is 4.50. The summed E-state index contributed by atoms with van der Waals surface area (Å²) in [7, 11) is 3.99. The van der Waals surface area contributed by atoms with Crippen LogP contribution in [0.4, 0.5) is 0 Å². The van der Waals surface area contributed by atoms with Crippen molar-refractivity contribution in [3.63, 3.8) is 0 Å². The molecule has 4 nitrogen and oxygen atoms in total. The highest BCUT2D eigenvalue weighted by molar-refractivity contribution is 5.79. The van der Waals surface area contributed by atoms with Crippen LogP contribution in [0.3, 0.4) is 0 Å². The fraction of sp³-hybridized carbons (Fsp3) is 0.650. The minimum atomic E-state index is 0.792. The maximum absolute atomic E-state index is 5.44. The molecule has 1 aromatic rings. The number of hydrogen-bond acceptors (Lipinski definition) is 2. The van der Waals surface area contributed by atoms with E-state index in [0.29, 0.717) is 0 Å². The normalized spacial score (nSPS) is 16.3. The predicted molar refractivity (Wildman–Crippen MR) is 102 cm³/mol. The van der Waals surface area contributed by atoms with Gasteiger partial charge in [-0.3, -0.25) is 4.99 Å². The summed E-state index contributed by atoms with van der Waals surface area (Å²) in [5.74, 6) is 1.77. The number of aryl methyl sites for hydroxylation is 3. The van der Waals surface area contributed by atoms with E-state index in [2.05, 4.69) is 55.2 Å². The second kappa shape index (κ2) is 9.07. The molecule has 1 saturated heterocycles. The SMILES string of the molecule is CN=C(NCc1c(C)cc(C)cc1C)N(C)CCC1CCOCC1. The van der Waals surface area contributed by atoms with Gasteiger partial charge in [0.2, 0.25) is 0 Å². The van der Waals surface area contributed by atoms with Gasteiger partial charge in [0.25, 0.3) is 0 Å². The molecule has 0 aliphatic carbocycles. The molecule has 0 unspecified atom stereocenters. The van der Waals surface area contributed by atoms with Crippen molar-refractivity contribution in [1.29, 1.82) is 0 Å². The molecule has 4 heteroatoms. The highest BCUT2D eigenvalue weighted by Gasteiger charge is 2.15. The Labute approximate surface area is 147 Å². The van der Waals surface area contributed by atoms with Crippen LogP contribution < -0.4 is 5.32 Å².